The highest BCUT2D eigenvalue weighted by Crippen LogP contribution is 2.06. The Morgan fingerprint density at radius 2 is 2.06 bits per heavy atom. The largest absolute Gasteiger partial charge is 0.396 e. The summed E-state index contributed by atoms with van der Waals surface area (Å²) in [5, 5.41) is 8.93. The Kier molecular flexibility index (Phi) is 6.22. The monoisotopic (exact) mass is 258 g/mol. The van der Waals surface area contributed by atoms with E-state index in [1.54, 1.807) is 4.57 Å². The Morgan fingerprint density at radius 1 is 1.35 bits per heavy atom. The standard InChI is InChI=1S/C12H19ClN2O2/c1-2-11-14-10(13)9-12(17)15(11)7-5-3-4-6-8-16/h9,16H,2-8H2,1H3. The molecule has 0 unspecified atom stereocenters. The molecule has 1 rings (SSSR count). The van der Waals surface area contributed by atoms with Gasteiger partial charge in [-0.05, 0) is 12.8 Å². The van der Waals surface area contributed by atoms with Gasteiger partial charge in [-0.25, -0.2) is 4.98 Å². The van der Waals surface area contributed by atoms with Crippen molar-refractivity contribution in [2.45, 2.75) is 45.6 Å². The molecule has 0 aliphatic carbocycles. The molecule has 1 aromatic heterocycles. The van der Waals surface area contributed by atoms with Gasteiger partial charge in [0.1, 0.15) is 11.0 Å². The van der Waals surface area contributed by atoms with Crippen LogP contribution in [0, 0.1) is 0 Å². The maximum absolute atomic E-state index is 11.7. The highest BCUT2D eigenvalue weighted by Gasteiger charge is 2.05. The van der Waals surface area contributed by atoms with E-state index in [-0.39, 0.29) is 17.3 Å². The number of aliphatic hydroxyl groups excluding tert-OH is 1. The normalized spacial score (nSPS) is 10.8. The summed E-state index contributed by atoms with van der Waals surface area (Å²) in [5.74, 6) is 0.740. The summed E-state index contributed by atoms with van der Waals surface area (Å²) in [6, 6.07) is 1.36. The first-order valence-electron chi connectivity index (χ1n) is 6.06. The molecular formula is C12H19ClN2O2. The van der Waals surface area contributed by atoms with Crippen LogP contribution in [0.25, 0.3) is 0 Å². The van der Waals surface area contributed by atoms with Gasteiger partial charge in [0.2, 0.25) is 0 Å². The van der Waals surface area contributed by atoms with E-state index in [1.807, 2.05) is 6.92 Å². The zero-order valence-corrected chi connectivity index (χ0v) is 10.9. The molecule has 1 heterocycles. The molecule has 0 radical (unpaired) electrons. The van der Waals surface area contributed by atoms with Crippen molar-refractivity contribution in [3.05, 3.63) is 27.4 Å². The van der Waals surface area contributed by atoms with E-state index < -0.39 is 0 Å². The molecule has 0 saturated heterocycles. The summed E-state index contributed by atoms with van der Waals surface area (Å²) in [4.78, 5) is 15.9. The molecule has 96 valence electrons. The molecule has 0 bridgehead atoms. The van der Waals surface area contributed by atoms with Gasteiger partial charge in [0, 0.05) is 25.6 Å². The van der Waals surface area contributed by atoms with Crippen molar-refractivity contribution in [2.24, 2.45) is 0 Å². The highest BCUT2D eigenvalue weighted by molar-refractivity contribution is 6.29. The average molecular weight is 259 g/mol. The van der Waals surface area contributed by atoms with Crippen LogP contribution < -0.4 is 5.56 Å². The topological polar surface area (TPSA) is 55.1 Å². The van der Waals surface area contributed by atoms with Crippen LogP contribution in [0.2, 0.25) is 5.15 Å². The molecule has 17 heavy (non-hydrogen) atoms. The molecular weight excluding hydrogens is 240 g/mol. The lowest BCUT2D eigenvalue weighted by atomic mass is 10.2. The lowest BCUT2D eigenvalue weighted by molar-refractivity contribution is 0.282. The number of aromatic nitrogens is 2. The third-order valence-electron chi connectivity index (χ3n) is 2.66. The predicted molar refractivity (Wildman–Crippen MR) is 68.4 cm³/mol. The van der Waals surface area contributed by atoms with Crippen LogP contribution in [0.3, 0.4) is 0 Å². The molecule has 1 N–H and O–H groups in total. The third-order valence-corrected chi connectivity index (χ3v) is 2.86. The minimum absolute atomic E-state index is 0.0796. The quantitative estimate of drug-likeness (QED) is 0.601. The molecule has 4 nitrogen and oxygen atoms in total. The number of nitrogens with zero attached hydrogens (tertiary/aromatic N) is 2. The van der Waals surface area contributed by atoms with Crippen molar-refractivity contribution >= 4 is 11.6 Å². The molecule has 0 aliphatic heterocycles. The summed E-state index contributed by atoms with van der Waals surface area (Å²) in [6.07, 6.45) is 4.46. The van der Waals surface area contributed by atoms with Crippen molar-refractivity contribution in [1.29, 1.82) is 0 Å². The molecule has 1 aromatic rings. The fraction of sp³-hybridized carbons (Fsp3) is 0.667. The van der Waals surface area contributed by atoms with Gasteiger partial charge in [-0.2, -0.15) is 0 Å². The average Bonchev–Trinajstić information content (AvgIpc) is 2.30. The number of hydrogen-bond acceptors (Lipinski definition) is 3. The number of aryl methyl sites for hydroxylation is 1. The molecule has 0 aliphatic rings. The third kappa shape index (κ3) is 4.48. The lowest BCUT2D eigenvalue weighted by Crippen LogP contribution is -2.24. The Bertz CT molecular complexity index is 404. The van der Waals surface area contributed by atoms with E-state index in [0.29, 0.717) is 13.0 Å². The van der Waals surface area contributed by atoms with Crippen LogP contribution in [0.1, 0.15) is 38.4 Å². The number of unbranched alkanes of at least 4 members (excludes halogenated alkanes) is 3. The molecule has 0 aromatic carbocycles. The van der Waals surface area contributed by atoms with Crippen LogP contribution in [-0.2, 0) is 13.0 Å². The minimum Gasteiger partial charge on any atom is -0.396 e. The Balaban J connectivity index is 2.61. The number of halogens is 1. The summed E-state index contributed by atoms with van der Waals surface area (Å²) in [7, 11) is 0. The minimum atomic E-state index is -0.0796. The predicted octanol–water partition coefficient (Wildman–Crippen LogP) is 2.01. The number of hydrogen-bond donors (Lipinski definition) is 1. The van der Waals surface area contributed by atoms with Gasteiger partial charge in [0.15, 0.2) is 0 Å². The van der Waals surface area contributed by atoms with Gasteiger partial charge in [0.25, 0.3) is 5.56 Å². The molecule has 0 atom stereocenters. The van der Waals surface area contributed by atoms with Crippen molar-refractivity contribution in [1.82, 2.24) is 9.55 Å². The van der Waals surface area contributed by atoms with E-state index >= 15 is 0 Å². The van der Waals surface area contributed by atoms with Crippen LogP contribution in [0.5, 0.6) is 0 Å². The van der Waals surface area contributed by atoms with E-state index in [4.69, 9.17) is 16.7 Å². The van der Waals surface area contributed by atoms with Gasteiger partial charge in [-0.15, -0.1) is 0 Å². The van der Waals surface area contributed by atoms with Gasteiger partial charge in [-0.1, -0.05) is 31.4 Å². The molecule has 0 saturated carbocycles. The second kappa shape index (κ2) is 7.45. The molecule has 0 spiro atoms. The van der Waals surface area contributed by atoms with Gasteiger partial charge >= 0.3 is 0 Å². The Hall–Kier alpha value is -0.870. The van der Waals surface area contributed by atoms with E-state index in [2.05, 4.69) is 4.98 Å². The summed E-state index contributed by atoms with van der Waals surface area (Å²) in [5.41, 5.74) is -0.0796. The summed E-state index contributed by atoms with van der Waals surface area (Å²) in [6.45, 7) is 2.88. The van der Waals surface area contributed by atoms with Gasteiger partial charge in [-0.3, -0.25) is 9.36 Å². The van der Waals surface area contributed by atoms with Crippen molar-refractivity contribution < 1.29 is 5.11 Å². The van der Waals surface area contributed by atoms with Crippen molar-refractivity contribution in [2.75, 3.05) is 6.61 Å². The fourth-order valence-electron chi connectivity index (χ4n) is 1.77. The van der Waals surface area contributed by atoms with E-state index in [1.165, 1.54) is 6.07 Å². The highest BCUT2D eigenvalue weighted by atomic mass is 35.5. The first-order chi connectivity index (χ1) is 8.19. The molecule has 0 amide bonds. The van der Waals surface area contributed by atoms with Crippen molar-refractivity contribution in [3.63, 3.8) is 0 Å². The van der Waals surface area contributed by atoms with Crippen LogP contribution in [0.4, 0.5) is 0 Å². The van der Waals surface area contributed by atoms with Crippen molar-refractivity contribution in [3.8, 4) is 0 Å². The van der Waals surface area contributed by atoms with E-state index in [9.17, 15) is 4.79 Å². The van der Waals surface area contributed by atoms with Crippen LogP contribution in [-0.4, -0.2) is 21.3 Å². The maximum Gasteiger partial charge on any atom is 0.254 e. The molecule has 5 heteroatoms. The first kappa shape index (κ1) is 14.2. The Labute approximate surface area is 106 Å². The number of rotatable bonds is 7. The second-order valence-corrected chi connectivity index (χ2v) is 4.36. The SMILES string of the molecule is CCc1nc(Cl)cc(=O)n1CCCCCCO. The molecule has 0 fully saturated rings. The maximum atomic E-state index is 11.7. The summed E-state index contributed by atoms with van der Waals surface area (Å²) < 4.78 is 1.69. The zero-order valence-electron chi connectivity index (χ0n) is 10.2. The van der Waals surface area contributed by atoms with Crippen LogP contribution >= 0.6 is 11.6 Å². The zero-order chi connectivity index (χ0) is 12.7. The van der Waals surface area contributed by atoms with Gasteiger partial charge < -0.3 is 5.11 Å². The second-order valence-electron chi connectivity index (χ2n) is 3.98. The van der Waals surface area contributed by atoms with Crippen LogP contribution in [0.15, 0.2) is 10.9 Å². The lowest BCUT2D eigenvalue weighted by Gasteiger charge is -2.10. The summed E-state index contributed by atoms with van der Waals surface area (Å²) >= 11 is 5.75. The van der Waals surface area contributed by atoms with Gasteiger partial charge in [0.05, 0.1) is 0 Å². The Morgan fingerprint density at radius 3 is 2.71 bits per heavy atom. The number of aliphatic hydroxyl groups is 1. The smallest absolute Gasteiger partial charge is 0.254 e. The first-order valence-corrected chi connectivity index (χ1v) is 6.44. The van der Waals surface area contributed by atoms with E-state index in [0.717, 1.165) is 31.5 Å². The fourth-order valence-corrected chi connectivity index (χ4v) is 1.96.